The van der Waals surface area contributed by atoms with Crippen LogP contribution in [0.2, 0.25) is 5.02 Å². The van der Waals surface area contributed by atoms with Crippen LogP contribution in [0.5, 0.6) is 0 Å². The van der Waals surface area contributed by atoms with Gasteiger partial charge in [-0.25, -0.2) is 13.8 Å². The normalized spacial score (nSPS) is 17.2. The monoisotopic (exact) mass is 566 g/mol. The molecule has 7 nitrogen and oxygen atoms in total. The number of halogens is 5. The van der Waals surface area contributed by atoms with E-state index in [9.17, 15) is 31.9 Å². The Labute approximate surface area is 219 Å². The molecule has 37 heavy (non-hydrogen) atoms. The molecule has 1 aromatic carbocycles. The quantitative estimate of drug-likeness (QED) is 0.255. The molecule has 2 atom stereocenters. The lowest BCUT2D eigenvalue weighted by Gasteiger charge is -2.24. The molecule has 2 heterocycles. The van der Waals surface area contributed by atoms with Gasteiger partial charge in [0.25, 0.3) is 5.56 Å². The Hall–Kier alpha value is -2.31. The molecule has 2 aromatic rings. The van der Waals surface area contributed by atoms with E-state index in [1.165, 1.54) is 0 Å². The fourth-order valence-corrected chi connectivity index (χ4v) is 5.47. The van der Waals surface area contributed by atoms with Crippen molar-refractivity contribution >= 4 is 29.3 Å². The number of esters is 1. The number of carbonyl (C=O) groups is 1. The Kier molecular flexibility index (Phi) is 9.52. The molecule has 1 aliphatic rings. The third-order valence-corrected chi connectivity index (χ3v) is 7.44. The van der Waals surface area contributed by atoms with Crippen LogP contribution in [0.25, 0.3) is 5.69 Å². The van der Waals surface area contributed by atoms with Crippen molar-refractivity contribution in [3.05, 3.63) is 55.6 Å². The largest absolute Gasteiger partial charge is 0.462 e. The number of rotatable bonds is 8. The predicted octanol–water partition coefficient (Wildman–Crippen LogP) is 4.97. The highest BCUT2D eigenvalue weighted by molar-refractivity contribution is 8.00. The van der Waals surface area contributed by atoms with Crippen LogP contribution in [0.3, 0.4) is 0 Å². The van der Waals surface area contributed by atoms with Crippen LogP contribution in [0.1, 0.15) is 45.2 Å². The molecular weight excluding hydrogens is 540 g/mol. The van der Waals surface area contributed by atoms with Gasteiger partial charge in [-0.3, -0.25) is 14.2 Å². The maximum absolute atomic E-state index is 14.8. The van der Waals surface area contributed by atoms with E-state index >= 15 is 0 Å². The summed E-state index contributed by atoms with van der Waals surface area (Å²) in [6.45, 7) is 4.49. The van der Waals surface area contributed by atoms with Crippen molar-refractivity contribution < 1.29 is 31.8 Å². The van der Waals surface area contributed by atoms with Crippen molar-refractivity contribution in [3.63, 3.8) is 0 Å². The van der Waals surface area contributed by atoms with Gasteiger partial charge in [-0.05, 0) is 43.7 Å². The third-order valence-electron chi connectivity index (χ3n) is 5.76. The molecule has 1 aromatic heterocycles. The van der Waals surface area contributed by atoms with Gasteiger partial charge in [-0.1, -0.05) is 25.4 Å². The maximum Gasteiger partial charge on any atom is 0.431 e. The fraction of sp³-hybridized carbons (Fsp3) is 0.542. The zero-order chi connectivity index (χ0) is 27.5. The van der Waals surface area contributed by atoms with E-state index in [4.69, 9.17) is 21.1 Å². The van der Waals surface area contributed by atoms with E-state index in [1.54, 1.807) is 0 Å². The summed E-state index contributed by atoms with van der Waals surface area (Å²) in [7, 11) is 0.829. The van der Waals surface area contributed by atoms with E-state index < -0.39 is 45.8 Å². The van der Waals surface area contributed by atoms with Crippen LogP contribution < -0.4 is 11.2 Å². The number of hydrogen-bond acceptors (Lipinski definition) is 6. The zero-order valence-corrected chi connectivity index (χ0v) is 22.0. The lowest BCUT2D eigenvalue weighted by Crippen LogP contribution is -2.41. The molecule has 0 amide bonds. The van der Waals surface area contributed by atoms with Gasteiger partial charge in [-0.2, -0.15) is 13.2 Å². The van der Waals surface area contributed by atoms with Gasteiger partial charge in [-0.15, -0.1) is 11.8 Å². The second-order valence-electron chi connectivity index (χ2n) is 9.13. The van der Waals surface area contributed by atoms with Gasteiger partial charge < -0.3 is 9.47 Å². The van der Waals surface area contributed by atoms with Crippen molar-refractivity contribution in [1.29, 1.82) is 0 Å². The average Bonchev–Trinajstić information content (AvgIpc) is 2.81. The van der Waals surface area contributed by atoms with E-state index in [0.29, 0.717) is 17.6 Å². The predicted molar refractivity (Wildman–Crippen MR) is 131 cm³/mol. The van der Waals surface area contributed by atoms with Gasteiger partial charge >= 0.3 is 17.8 Å². The van der Waals surface area contributed by atoms with Crippen molar-refractivity contribution in [3.8, 4) is 5.69 Å². The van der Waals surface area contributed by atoms with Crippen LogP contribution >= 0.6 is 23.4 Å². The first-order valence-electron chi connectivity index (χ1n) is 11.6. The first-order chi connectivity index (χ1) is 17.3. The number of thioether (sulfide) groups is 1. The number of carbonyl (C=O) groups excluding carboxylic acids is 1. The maximum atomic E-state index is 14.8. The van der Waals surface area contributed by atoms with Crippen LogP contribution in [0.15, 0.2) is 32.7 Å². The number of ether oxygens (including phenoxy) is 2. The topological polar surface area (TPSA) is 79.5 Å². The Morgan fingerprint density at radius 3 is 2.54 bits per heavy atom. The van der Waals surface area contributed by atoms with Gasteiger partial charge in [0.2, 0.25) is 0 Å². The Morgan fingerprint density at radius 1 is 1.24 bits per heavy atom. The summed E-state index contributed by atoms with van der Waals surface area (Å²) < 4.78 is 66.0. The third kappa shape index (κ3) is 7.17. The van der Waals surface area contributed by atoms with E-state index in [2.05, 4.69) is 0 Å². The lowest BCUT2D eigenvalue weighted by molar-refractivity contribution is -0.148. The molecule has 204 valence electrons. The summed E-state index contributed by atoms with van der Waals surface area (Å²) in [6.07, 6.45) is -2.07. The second-order valence-corrected chi connectivity index (χ2v) is 10.8. The molecule has 0 spiro atoms. The Balaban J connectivity index is 1.95. The molecule has 13 heteroatoms. The summed E-state index contributed by atoms with van der Waals surface area (Å²) in [6, 6.07) is 2.13. The number of alkyl halides is 3. The number of nitrogens with zero attached hydrogens (tertiary/aromatic N) is 2. The van der Waals surface area contributed by atoms with Crippen LogP contribution in [0.4, 0.5) is 17.6 Å². The molecule has 1 fully saturated rings. The number of hydrogen-bond donors (Lipinski definition) is 0. The van der Waals surface area contributed by atoms with Gasteiger partial charge in [0.15, 0.2) is 0 Å². The van der Waals surface area contributed by atoms with Crippen molar-refractivity contribution in [2.75, 3.05) is 13.2 Å². The summed E-state index contributed by atoms with van der Waals surface area (Å²) in [4.78, 5) is 38.2. The molecule has 2 unspecified atom stereocenters. The highest BCUT2D eigenvalue weighted by Crippen LogP contribution is 2.36. The summed E-state index contributed by atoms with van der Waals surface area (Å²) in [5.41, 5.74) is -4.80. The first-order valence-corrected chi connectivity index (χ1v) is 12.9. The molecular formula is C24H27ClF4N2O5S. The van der Waals surface area contributed by atoms with Crippen LogP contribution in [0, 0.1) is 11.7 Å². The second kappa shape index (κ2) is 12.0. The van der Waals surface area contributed by atoms with E-state index in [-0.39, 0.29) is 39.2 Å². The van der Waals surface area contributed by atoms with Crippen molar-refractivity contribution in [1.82, 2.24) is 9.13 Å². The lowest BCUT2D eigenvalue weighted by atomic mass is 10.1. The molecule has 1 saturated heterocycles. The summed E-state index contributed by atoms with van der Waals surface area (Å²) >= 11 is 7.18. The van der Waals surface area contributed by atoms with Crippen molar-refractivity contribution in [2.24, 2.45) is 13.0 Å². The van der Waals surface area contributed by atoms with Crippen LogP contribution in [-0.4, -0.2) is 39.7 Å². The molecule has 0 saturated carbocycles. The van der Waals surface area contributed by atoms with Gasteiger partial charge in [0.05, 0.1) is 16.8 Å². The van der Waals surface area contributed by atoms with Gasteiger partial charge in [0, 0.05) is 24.6 Å². The number of aromatic nitrogens is 2. The molecule has 1 aliphatic heterocycles. The Morgan fingerprint density at radius 2 is 1.95 bits per heavy atom. The highest BCUT2D eigenvalue weighted by atomic mass is 35.5. The average molecular weight is 567 g/mol. The van der Waals surface area contributed by atoms with Crippen LogP contribution in [-0.2, 0) is 27.5 Å². The zero-order valence-electron chi connectivity index (χ0n) is 20.4. The first kappa shape index (κ1) is 29.2. The minimum absolute atomic E-state index is 0.0690. The summed E-state index contributed by atoms with van der Waals surface area (Å²) in [5.74, 6) is -1.55. The summed E-state index contributed by atoms with van der Waals surface area (Å²) in [5, 5.41) is -0.855. The SMILES string of the molecule is CC(C)CC(Sc1cc(-n2c(=O)cc(C(F)(F)F)n(C)c2=O)c(F)cc1Cl)C(=O)OCC1CCCCO1. The minimum Gasteiger partial charge on any atom is -0.462 e. The highest BCUT2D eigenvalue weighted by Gasteiger charge is 2.35. The van der Waals surface area contributed by atoms with E-state index in [1.807, 2.05) is 13.8 Å². The van der Waals surface area contributed by atoms with Crippen molar-refractivity contribution in [2.45, 2.75) is 62.0 Å². The number of benzene rings is 1. The van der Waals surface area contributed by atoms with E-state index in [0.717, 1.165) is 50.2 Å². The standard InChI is InChI=1S/C24H27ClF4N2O5S/c1-13(2)8-19(22(33)36-12-14-6-4-5-7-35-14)37-18-10-17(16(26)9-15(18)25)31-21(32)11-20(24(27,28)29)30(3)23(31)34/h9-11,13-14,19H,4-8,12H2,1-3H3. The molecule has 0 aliphatic carbocycles. The van der Waals surface area contributed by atoms with Gasteiger partial charge in [0.1, 0.15) is 23.4 Å². The molecule has 3 rings (SSSR count). The minimum atomic E-state index is -4.96. The fourth-order valence-electron chi connectivity index (χ4n) is 3.88. The smallest absolute Gasteiger partial charge is 0.431 e. The molecule has 0 radical (unpaired) electrons. The molecule has 0 N–H and O–H groups in total. The molecule has 0 bridgehead atoms. The Bertz CT molecular complexity index is 1260.